The number of amides is 1. The van der Waals surface area contributed by atoms with Gasteiger partial charge in [0.05, 0.1) is 26.2 Å². The van der Waals surface area contributed by atoms with E-state index in [2.05, 4.69) is 15.3 Å². The van der Waals surface area contributed by atoms with Gasteiger partial charge in [0.2, 0.25) is 23.6 Å². The molecule has 0 aliphatic heterocycles. The summed E-state index contributed by atoms with van der Waals surface area (Å²) in [4.78, 5) is 20.2. The molecular formula is C13H22N4O3. The highest BCUT2D eigenvalue weighted by molar-refractivity contribution is 5.91. The maximum atomic E-state index is 12.1. The summed E-state index contributed by atoms with van der Waals surface area (Å²) in [6.45, 7) is 4.37. The van der Waals surface area contributed by atoms with Crippen molar-refractivity contribution in [2.24, 2.45) is 17.6 Å². The fraction of sp³-hybridized carbons (Fsp3) is 0.615. The summed E-state index contributed by atoms with van der Waals surface area (Å²) in [5.41, 5.74) is 5.64. The lowest BCUT2D eigenvalue weighted by molar-refractivity contribution is -0.120. The molecule has 0 saturated carbocycles. The van der Waals surface area contributed by atoms with Crippen molar-refractivity contribution < 1.29 is 14.3 Å². The number of nitrogens with one attached hydrogen (secondary N) is 1. The normalized spacial score (nSPS) is 12.1. The first-order chi connectivity index (χ1) is 9.49. The van der Waals surface area contributed by atoms with Crippen LogP contribution in [0, 0.1) is 11.8 Å². The Morgan fingerprint density at radius 2 is 1.85 bits per heavy atom. The third kappa shape index (κ3) is 4.65. The topological polar surface area (TPSA) is 99.4 Å². The monoisotopic (exact) mass is 282 g/mol. The molecule has 0 aliphatic carbocycles. The Morgan fingerprint density at radius 1 is 1.30 bits per heavy atom. The van der Waals surface area contributed by atoms with Gasteiger partial charge in [-0.25, -0.2) is 0 Å². The van der Waals surface area contributed by atoms with E-state index in [1.807, 2.05) is 13.8 Å². The molecule has 0 aliphatic rings. The summed E-state index contributed by atoms with van der Waals surface area (Å²) in [7, 11) is 2.96. The van der Waals surface area contributed by atoms with Crippen molar-refractivity contribution in [1.29, 1.82) is 0 Å². The predicted octanol–water partition coefficient (Wildman–Crippen LogP) is 1.05. The molecule has 20 heavy (non-hydrogen) atoms. The summed E-state index contributed by atoms with van der Waals surface area (Å²) in [5.74, 6) is 0.705. The molecule has 1 heterocycles. The summed E-state index contributed by atoms with van der Waals surface area (Å²) < 4.78 is 10.0. The summed E-state index contributed by atoms with van der Waals surface area (Å²) in [5, 5.41) is 2.65. The minimum Gasteiger partial charge on any atom is -0.481 e. The SMILES string of the molecule is COc1cc(OC)nc(NC(=O)C(CN)CC(C)C)n1. The van der Waals surface area contributed by atoms with Gasteiger partial charge in [0, 0.05) is 6.54 Å². The average molecular weight is 282 g/mol. The highest BCUT2D eigenvalue weighted by Gasteiger charge is 2.19. The molecule has 1 aromatic rings. The number of hydrogen-bond donors (Lipinski definition) is 2. The van der Waals surface area contributed by atoms with Gasteiger partial charge in [-0.15, -0.1) is 0 Å². The van der Waals surface area contributed by atoms with E-state index in [0.717, 1.165) is 0 Å². The molecule has 0 radical (unpaired) electrons. The van der Waals surface area contributed by atoms with Crippen molar-refractivity contribution in [2.45, 2.75) is 20.3 Å². The van der Waals surface area contributed by atoms with Crippen molar-refractivity contribution in [3.05, 3.63) is 6.07 Å². The quantitative estimate of drug-likeness (QED) is 0.775. The Bertz CT molecular complexity index is 429. The number of ether oxygens (including phenoxy) is 2. The molecule has 1 atom stereocenters. The first kappa shape index (κ1) is 16.2. The van der Waals surface area contributed by atoms with Gasteiger partial charge in [0.25, 0.3) is 0 Å². The van der Waals surface area contributed by atoms with Crippen molar-refractivity contribution in [1.82, 2.24) is 9.97 Å². The molecule has 0 bridgehead atoms. The molecule has 3 N–H and O–H groups in total. The number of aromatic nitrogens is 2. The van der Waals surface area contributed by atoms with Crippen molar-refractivity contribution in [2.75, 3.05) is 26.1 Å². The molecule has 1 rings (SSSR count). The van der Waals surface area contributed by atoms with Crippen LogP contribution in [0.4, 0.5) is 5.95 Å². The van der Waals surface area contributed by atoms with Gasteiger partial charge in [0.15, 0.2) is 0 Å². The Labute approximate surface area is 118 Å². The molecule has 112 valence electrons. The van der Waals surface area contributed by atoms with E-state index in [4.69, 9.17) is 15.2 Å². The third-order valence-corrected chi connectivity index (χ3v) is 2.74. The molecular weight excluding hydrogens is 260 g/mol. The van der Waals surface area contributed by atoms with Crippen LogP contribution >= 0.6 is 0 Å². The summed E-state index contributed by atoms with van der Waals surface area (Å²) >= 11 is 0. The number of anilines is 1. The number of hydrogen-bond acceptors (Lipinski definition) is 6. The highest BCUT2D eigenvalue weighted by atomic mass is 16.5. The molecule has 1 unspecified atom stereocenters. The van der Waals surface area contributed by atoms with E-state index in [1.54, 1.807) is 0 Å². The van der Waals surface area contributed by atoms with Crippen LogP contribution in [-0.2, 0) is 4.79 Å². The zero-order chi connectivity index (χ0) is 15.1. The van der Waals surface area contributed by atoms with Crippen LogP contribution in [0.2, 0.25) is 0 Å². The maximum absolute atomic E-state index is 12.1. The average Bonchev–Trinajstić information content (AvgIpc) is 2.43. The van der Waals surface area contributed by atoms with Gasteiger partial charge < -0.3 is 15.2 Å². The number of methoxy groups -OCH3 is 2. The lowest BCUT2D eigenvalue weighted by Gasteiger charge is -2.16. The summed E-state index contributed by atoms with van der Waals surface area (Å²) in [6, 6.07) is 1.53. The van der Waals surface area contributed by atoms with Gasteiger partial charge in [-0.1, -0.05) is 13.8 Å². The Kier molecular flexibility index (Phi) is 6.17. The zero-order valence-electron chi connectivity index (χ0n) is 12.3. The minimum atomic E-state index is -0.268. The predicted molar refractivity (Wildman–Crippen MR) is 75.8 cm³/mol. The van der Waals surface area contributed by atoms with Gasteiger partial charge in [0.1, 0.15) is 0 Å². The maximum Gasteiger partial charge on any atom is 0.236 e. The van der Waals surface area contributed by atoms with Gasteiger partial charge in [-0.2, -0.15) is 9.97 Å². The minimum absolute atomic E-state index is 0.147. The fourth-order valence-electron chi connectivity index (χ4n) is 1.76. The van der Waals surface area contributed by atoms with Crippen LogP contribution in [0.3, 0.4) is 0 Å². The molecule has 1 amide bonds. The largest absolute Gasteiger partial charge is 0.481 e. The lowest BCUT2D eigenvalue weighted by Crippen LogP contribution is -2.31. The van der Waals surface area contributed by atoms with Crippen molar-refractivity contribution >= 4 is 11.9 Å². The van der Waals surface area contributed by atoms with E-state index < -0.39 is 0 Å². The molecule has 0 saturated heterocycles. The van der Waals surface area contributed by atoms with Crippen LogP contribution in [-0.4, -0.2) is 36.6 Å². The first-order valence-corrected chi connectivity index (χ1v) is 6.48. The molecule has 1 aromatic heterocycles. The van der Waals surface area contributed by atoms with Crippen LogP contribution in [0.25, 0.3) is 0 Å². The van der Waals surface area contributed by atoms with E-state index in [-0.39, 0.29) is 24.3 Å². The van der Waals surface area contributed by atoms with E-state index >= 15 is 0 Å². The van der Waals surface area contributed by atoms with Gasteiger partial charge in [-0.05, 0) is 12.3 Å². The van der Waals surface area contributed by atoms with Crippen LogP contribution < -0.4 is 20.5 Å². The van der Waals surface area contributed by atoms with Crippen LogP contribution in [0.15, 0.2) is 6.07 Å². The number of nitrogens with zero attached hydrogens (tertiary/aromatic N) is 2. The number of carbonyl (C=O) groups is 1. The smallest absolute Gasteiger partial charge is 0.236 e. The molecule has 7 heteroatoms. The van der Waals surface area contributed by atoms with Gasteiger partial charge >= 0.3 is 0 Å². The second-order valence-corrected chi connectivity index (χ2v) is 4.83. The Hall–Kier alpha value is -1.89. The van der Waals surface area contributed by atoms with E-state index in [1.165, 1.54) is 20.3 Å². The molecule has 0 fully saturated rings. The number of nitrogens with two attached hydrogens (primary N) is 1. The lowest BCUT2D eigenvalue weighted by atomic mass is 9.96. The van der Waals surface area contributed by atoms with E-state index in [0.29, 0.717) is 24.1 Å². The second kappa shape index (κ2) is 7.64. The van der Waals surface area contributed by atoms with Crippen molar-refractivity contribution in [3.63, 3.8) is 0 Å². The molecule has 0 aromatic carbocycles. The van der Waals surface area contributed by atoms with Crippen molar-refractivity contribution in [3.8, 4) is 11.8 Å². The van der Waals surface area contributed by atoms with Crippen LogP contribution in [0.5, 0.6) is 11.8 Å². The van der Waals surface area contributed by atoms with Crippen LogP contribution in [0.1, 0.15) is 20.3 Å². The van der Waals surface area contributed by atoms with E-state index in [9.17, 15) is 4.79 Å². The zero-order valence-corrected chi connectivity index (χ0v) is 12.3. The third-order valence-electron chi connectivity index (χ3n) is 2.74. The molecule has 7 nitrogen and oxygen atoms in total. The second-order valence-electron chi connectivity index (χ2n) is 4.83. The standard InChI is InChI=1S/C13H22N4O3/c1-8(2)5-9(7-14)12(18)17-13-15-10(19-3)6-11(16-13)20-4/h6,8-9H,5,7,14H2,1-4H3,(H,15,16,17,18). The Balaban J connectivity index is 2.83. The summed E-state index contributed by atoms with van der Waals surface area (Å²) in [6.07, 6.45) is 0.712. The first-order valence-electron chi connectivity index (χ1n) is 6.48. The molecule has 0 spiro atoms. The Morgan fingerprint density at radius 3 is 2.25 bits per heavy atom. The number of rotatable bonds is 7. The highest BCUT2D eigenvalue weighted by Crippen LogP contribution is 2.18. The fourth-order valence-corrected chi connectivity index (χ4v) is 1.76. The number of carbonyl (C=O) groups excluding carboxylic acids is 1. The van der Waals surface area contributed by atoms with Gasteiger partial charge in [-0.3, -0.25) is 10.1 Å².